The standard InChI is InChI=1S/C25H33ClN2O5/c1-5-7-12-27-25(30)23(6-2)28(16-18-10-8-9-11-22(18)26)24(29)17-33-21-14-19(31-3)13-20(15-21)32-4/h8-11,13-15,23H,5-7,12,16-17H2,1-4H3,(H,27,30). The fraction of sp³-hybridized carbons (Fsp3) is 0.440. The van der Waals surface area contributed by atoms with Crippen LogP contribution in [0.15, 0.2) is 42.5 Å². The number of ether oxygens (including phenoxy) is 3. The average Bonchev–Trinajstić information content (AvgIpc) is 2.83. The van der Waals surface area contributed by atoms with Gasteiger partial charge in [-0.05, 0) is 24.5 Å². The van der Waals surface area contributed by atoms with Gasteiger partial charge in [0.1, 0.15) is 23.3 Å². The Labute approximate surface area is 201 Å². The third-order valence-corrected chi connectivity index (χ3v) is 5.57. The van der Waals surface area contributed by atoms with Gasteiger partial charge in [0.25, 0.3) is 5.91 Å². The Morgan fingerprint density at radius 1 is 1.03 bits per heavy atom. The number of nitrogens with zero attached hydrogens (tertiary/aromatic N) is 1. The minimum absolute atomic E-state index is 0.186. The number of nitrogens with one attached hydrogen (secondary N) is 1. The Kier molecular flexibility index (Phi) is 10.8. The molecule has 2 rings (SSSR count). The normalized spacial score (nSPS) is 11.4. The molecule has 0 aromatic heterocycles. The summed E-state index contributed by atoms with van der Waals surface area (Å²) < 4.78 is 16.3. The fourth-order valence-electron chi connectivity index (χ4n) is 3.33. The molecular weight excluding hydrogens is 444 g/mol. The lowest BCUT2D eigenvalue weighted by Crippen LogP contribution is -2.50. The van der Waals surface area contributed by atoms with Crippen LogP contribution in [0.5, 0.6) is 17.2 Å². The van der Waals surface area contributed by atoms with Crippen molar-refractivity contribution < 1.29 is 23.8 Å². The van der Waals surface area contributed by atoms with Crippen molar-refractivity contribution in [1.82, 2.24) is 10.2 Å². The van der Waals surface area contributed by atoms with Gasteiger partial charge in [-0.25, -0.2) is 0 Å². The summed E-state index contributed by atoms with van der Waals surface area (Å²) in [6, 6.07) is 11.7. The second kappa shape index (κ2) is 13.6. The molecular formula is C25H33ClN2O5. The number of methoxy groups -OCH3 is 2. The van der Waals surface area contributed by atoms with Gasteiger partial charge in [0.2, 0.25) is 5.91 Å². The van der Waals surface area contributed by atoms with E-state index < -0.39 is 6.04 Å². The van der Waals surface area contributed by atoms with E-state index in [1.165, 1.54) is 19.1 Å². The Morgan fingerprint density at radius 3 is 2.24 bits per heavy atom. The lowest BCUT2D eigenvalue weighted by atomic mass is 10.1. The van der Waals surface area contributed by atoms with Crippen molar-refractivity contribution in [2.24, 2.45) is 0 Å². The van der Waals surface area contributed by atoms with Crippen molar-refractivity contribution in [2.45, 2.75) is 45.7 Å². The van der Waals surface area contributed by atoms with Crippen LogP contribution in [0.4, 0.5) is 0 Å². The zero-order valence-corrected chi connectivity index (χ0v) is 20.5. The van der Waals surface area contributed by atoms with Gasteiger partial charge in [-0.1, -0.05) is 50.1 Å². The van der Waals surface area contributed by atoms with E-state index in [0.29, 0.717) is 35.2 Å². The first-order chi connectivity index (χ1) is 15.9. The van der Waals surface area contributed by atoms with Gasteiger partial charge in [-0.3, -0.25) is 9.59 Å². The highest BCUT2D eigenvalue weighted by Crippen LogP contribution is 2.27. The van der Waals surface area contributed by atoms with Crippen molar-refractivity contribution >= 4 is 23.4 Å². The zero-order valence-electron chi connectivity index (χ0n) is 19.7. The van der Waals surface area contributed by atoms with Crippen LogP contribution < -0.4 is 19.5 Å². The number of unbranched alkanes of at least 4 members (excludes halogenated alkanes) is 1. The van der Waals surface area contributed by atoms with Crippen molar-refractivity contribution in [3.63, 3.8) is 0 Å². The quantitative estimate of drug-likeness (QED) is 0.432. The molecule has 2 aromatic rings. The summed E-state index contributed by atoms with van der Waals surface area (Å²) in [6.45, 7) is 4.45. The fourth-order valence-corrected chi connectivity index (χ4v) is 3.52. The average molecular weight is 477 g/mol. The van der Waals surface area contributed by atoms with Crippen LogP contribution in [0.2, 0.25) is 5.02 Å². The monoisotopic (exact) mass is 476 g/mol. The lowest BCUT2D eigenvalue weighted by Gasteiger charge is -2.31. The first kappa shape index (κ1) is 26.3. The molecule has 0 aliphatic rings. The third-order valence-electron chi connectivity index (χ3n) is 5.20. The predicted octanol–water partition coefficient (Wildman–Crippen LogP) is 4.46. The van der Waals surface area contributed by atoms with E-state index >= 15 is 0 Å². The highest BCUT2D eigenvalue weighted by atomic mass is 35.5. The van der Waals surface area contributed by atoms with Crippen LogP contribution in [0.3, 0.4) is 0 Å². The Balaban J connectivity index is 2.23. The van der Waals surface area contributed by atoms with E-state index in [-0.39, 0.29) is 25.0 Å². The van der Waals surface area contributed by atoms with E-state index in [2.05, 4.69) is 12.2 Å². The zero-order chi connectivity index (χ0) is 24.2. The summed E-state index contributed by atoms with van der Waals surface area (Å²) >= 11 is 6.35. The molecule has 0 heterocycles. The Bertz CT molecular complexity index is 899. The first-order valence-corrected chi connectivity index (χ1v) is 11.5. The number of carbonyl (C=O) groups is 2. The number of hydrogen-bond acceptors (Lipinski definition) is 5. The number of halogens is 1. The van der Waals surface area contributed by atoms with Gasteiger partial charge < -0.3 is 24.4 Å². The molecule has 0 bridgehead atoms. The molecule has 0 fully saturated rings. The number of amides is 2. The molecule has 33 heavy (non-hydrogen) atoms. The molecule has 0 aliphatic heterocycles. The van der Waals surface area contributed by atoms with Crippen LogP contribution in [0.1, 0.15) is 38.7 Å². The molecule has 0 spiro atoms. The molecule has 1 N–H and O–H groups in total. The SMILES string of the molecule is CCCCNC(=O)C(CC)N(Cc1ccccc1Cl)C(=O)COc1cc(OC)cc(OC)c1. The van der Waals surface area contributed by atoms with Gasteiger partial charge in [0, 0.05) is 36.3 Å². The smallest absolute Gasteiger partial charge is 0.261 e. The van der Waals surface area contributed by atoms with Crippen molar-refractivity contribution in [2.75, 3.05) is 27.4 Å². The maximum absolute atomic E-state index is 13.3. The largest absolute Gasteiger partial charge is 0.496 e. The maximum atomic E-state index is 13.3. The van der Waals surface area contributed by atoms with E-state index in [1.54, 1.807) is 24.3 Å². The molecule has 8 heteroatoms. The molecule has 0 saturated carbocycles. The molecule has 2 aromatic carbocycles. The predicted molar refractivity (Wildman–Crippen MR) is 129 cm³/mol. The number of benzene rings is 2. The Hall–Kier alpha value is -2.93. The van der Waals surface area contributed by atoms with Crippen LogP contribution in [0, 0.1) is 0 Å². The molecule has 1 unspecified atom stereocenters. The van der Waals surface area contributed by atoms with E-state index in [1.807, 2.05) is 25.1 Å². The topological polar surface area (TPSA) is 77.1 Å². The number of hydrogen-bond donors (Lipinski definition) is 1. The molecule has 1 atom stereocenters. The molecule has 2 amide bonds. The Morgan fingerprint density at radius 2 is 1.67 bits per heavy atom. The summed E-state index contributed by atoms with van der Waals surface area (Å²) in [6.07, 6.45) is 2.31. The van der Waals surface area contributed by atoms with Gasteiger partial charge in [0.15, 0.2) is 6.61 Å². The van der Waals surface area contributed by atoms with Crippen LogP contribution in [-0.4, -0.2) is 50.1 Å². The molecule has 180 valence electrons. The van der Waals surface area contributed by atoms with Gasteiger partial charge >= 0.3 is 0 Å². The van der Waals surface area contributed by atoms with Crippen LogP contribution >= 0.6 is 11.6 Å². The minimum atomic E-state index is -0.644. The number of rotatable bonds is 13. The van der Waals surface area contributed by atoms with E-state index in [9.17, 15) is 9.59 Å². The summed E-state index contributed by atoms with van der Waals surface area (Å²) in [5.41, 5.74) is 0.760. The maximum Gasteiger partial charge on any atom is 0.261 e. The first-order valence-electron chi connectivity index (χ1n) is 11.1. The van der Waals surface area contributed by atoms with Crippen LogP contribution in [-0.2, 0) is 16.1 Å². The highest BCUT2D eigenvalue weighted by molar-refractivity contribution is 6.31. The van der Waals surface area contributed by atoms with Gasteiger partial charge in [0.05, 0.1) is 14.2 Å². The van der Waals surface area contributed by atoms with Crippen LogP contribution in [0.25, 0.3) is 0 Å². The minimum Gasteiger partial charge on any atom is -0.496 e. The van der Waals surface area contributed by atoms with E-state index in [0.717, 1.165) is 18.4 Å². The third kappa shape index (κ3) is 7.86. The van der Waals surface area contributed by atoms with Gasteiger partial charge in [-0.2, -0.15) is 0 Å². The molecule has 7 nitrogen and oxygen atoms in total. The van der Waals surface area contributed by atoms with Crippen molar-refractivity contribution in [3.8, 4) is 17.2 Å². The van der Waals surface area contributed by atoms with Crippen molar-refractivity contribution in [1.29, 1.82) is 0 Å². The summed E-state index contributed by atoms with van der Waals surface area (Å²) in [4.78, 5) is 27.7. The lowest BCUT2D eigenvalue weighted by molar-refractivity contribution is -0.143. The number of carbonyl (C=O) groups excluding carboxylic acids is 2. The summed E-state index contributed by atoms with van der Waals surface area (Å²) in [5.74, 6) is 1.01. The van der Waals surface area contributed by atoms with Crippen molar-refractivity contribution in [3.05, 3.63) is 53.1 Å². The van der Waals surface area contributed by atoms with E-state index in [4.69, 9.17) is 25.8 Å². The second-order valence-electron chi connectivity index (χ2n) is 7.52. The summed E-state index contributed by atoms with van der Waals surface area (Å²) in [7, 11) is 3.08. The summed E-state index contributed by atoms with van der Waals surface area (Å²) in [5, 5.41) is 3.47. The molecule has 0 aliphatic carbocycles. The molecule has 0 radical (unpaired) electrons. The second-order valence-corrected chi connectivity index (χ2v) is 7.93. The van der Waals surface area contributed by atoms with Gasteiger partial charge in [-0.15, -0.1) is 0 Å². The molecule has 0 saturated heterocycles. The highest BCUT2D eigenvalue weighted by Gasteiger charge is 2.29.